The van der Waals surface area contributed by atoms with Crippen molar-refractivity contribution in [3.8, 4) is 0 Å². The van der Waals surface area contributed by atoms with E-state index in [1.165, 1.54) is 26.0 Å². The maximum Gasteiger partial charge on any atom is 0.269 e. The molecule has 0 aliphatic carbocycles. The molecule has 0 saturated heterocycles. The summed E-state index contributed by atoms with van der Waals surface area (Å²) in [6.45, 7) is 2.59. The van der Waals surface area contributed by atoms with Crippen LogP contribution in [0.25, 0.3) is 0 Å². The van der Waals surface area contributed by atoms with Crippen LogP contribution in [0.15, 0.2) is 29.2 Å². The van der Waals surface area contributed by atoms with Gasteiger partial charge in [-0.15, -0.1) is 0 Å². The molecule has 6 heteroatoms. The highest BCUT2D eigenvalue weighted by Gasteiger charge is 2.48. The number of fused-ring (bicyclic) bond motifs is 1. The van der Waals surface area contributed by atoms with Gasteiger partial charge in [-0.2, -0.15) is 0 Å². The SMILES string of the molecule is CC(C)(CO)N1C(=O)c2ccccc2S1(=O)=O. The van der Waals surface area contributed by atoms with Crippen LogP contribution in [0.3, 0.4) is 0 Å². The zero-order chi connectivity index (χ0) is 12.8. The normalized spacial score (nSPS) is 18.3. The minimum atomic E-state index is -3.84. The zero-order valence-electron chi connectivity index (χ0n) is 9.54. The summed E-state index contributed by atoms with van der Waals surface area (Å²) in [6, 6.07) is 6.06. The van der Waals surface area contributed by atoms with E-state index in [2.05, 4.69) is 0 Å². The lowest BCUT2D eigenvalue weighted by atomic mass is 10.1. The number of benzene rings is 1. The monoisotopic (exact) mass is 255 g/mol. The second-order valence-corrected chi connectivity index (χ2v) is 6.30. The Morgan fingerprint density at radius 3 is 2.41 bits per heavy atom. The summed E-state index contributed by atoms with van der Waals surface area (Å²) in [4.78, 5) is 12.1. The van der Waals surface area contributed by atoms with Crippen LogP contribution in [0, 0.1) is 0 Å². The molecule has 0 unspecified atom stereocenters. The molecule has 17 heavy (non-hydrogen) atoms. The molecule has 1 amide bonds. The Bertz CT molecular complexity index is 577. The molecule has 1 heterocycles. The molecule has 0 saturated carbocycles. The van der Waals surface area contributed by atoms with Crippen LogP contribution in [0.5, 0.6) is 0 Å². The van der Waals surface area contributed by atoms with Crippen LogP contribution >= 0.6 is 0 Å². The van der Waals surface area contributed by atoms with Gasteiger partial charge in [0.2, 0.25) is 0 Å². The summed E-state index contributed by atoms with van der Waals surface area (Å²) in [6.07, 6.45) is 0. The predicted octanol–water partition coefficient (Wildman–Crippen LogP) is 0.602. The summed E-state index contributed by atoms with van der Waals surface area (Å²) in [5.74, 6) is -0.584. The van der Waals surface area contributed by atoms with E-state index in [0.29, 0.717) is 0 Å². The Balaban J connectivity index is 2.68. The highest BCUT2D eigenvalue weighted by atomic mass is 32.2. The molecular formula is C11H13NO4S. The average molecular weight is 255 g/mol. The lowest BCUT2D eigenvalue weighted by Crippen LogP contribution is -2.49. The molecule has 0 fully saturated rings. The summed E-state index contributed by atoms with van der Waals surface area (Å²) in [7, 11) is -3.84. The van der Waals surface area contributed by atoms with E-state index in [1.807, 2.05) is 0 Å². The Kier molecular flexibility index (Phi) is 2.52. The number of carbonyl (C=O) groups excluding carboxylic acids is 1. The lowest BCUT2D eigenvalue weighted by Gasteiger charge is -2.31. The lowest BCUT2D eigenvalue weighted by molar-refractivity contribution is 0.0666. The number of amides is 1. The molecule has 0 aromatic heterocycles. The van der Waals surface area contributed by atoms with Crippen molar-refractivity contribution in [1.29, 1.82) is 0 Å². The maximum atomic E-state index is 12.2. The summed E-state index contributed by atoms with van der Waals surface area (Å²) in [5.41, 5.74) is -0.983. The zero-order valence-corrected chi connectivity index (χ0v) is 10.4. The first-order valence-electron chi connectivity index (χ1n) is 5.12. The first-order chi connectivity index (χ1) is 7.82. The molecule has 0 bridgehead atoms. The third-order valence-corrected chi connectivity index (χ3v) is 4.81. The van der Waals surface area contributed by atoms with Gasteiger partial charge in [0.15, 0.2) is 0 Å². The van der Waals surface area contributed by atoms with Gasteiger partial charge in [0, 0.05) is 0 Å². The highest BCUT2D eigenvalue weighted by molar-refractivity contribution is 7.90. The minimum Gasteiger partial charge on any atom is -0.394 e. The van der Waals surface area contributed by atoms with Gasteiger partial charge in [-0.1, -0.05) is 12.1 Å². The highest BCUT2D eigenvalue weighted by Crippen LogP contribution is 2.35. The second kappa shape index (κ2) is 3.54. The van der Waals surface area contributed by atoms with E-state index >= 15 is 0 Å². The third-order valence-electron chi connectivity index (χ3n) is 2.76. The largest absolute Gasteiger partial charge is 0.394 e. The summed E-state index contributed by atoms with van der Waals surface area (Å²) >= 11 is 0. The quantitative estimate of drug-likeness (QED) is 0.839. The van der Waals surface area contributed by atoms with Gasteiger partial charge >= 0.3 is 0 Å². The number of hydrogen-bond donors (Lipinski definition) is 1. The molecule has 1 aliphatic rings. The van der Waals surface area contributed by atoms with Gasteiger partial charge in [0.05, 0.1) is 17.7 Å². The fourth-order valence-corrected chi connectivity index (χ4v) is 3.76. The topological polar surface area (TPSA) is 74.7 Å². The smallest absolute Gasteiger partial charge is 0.269 e. The molecule has 92 valence electrons. The predicted molar refractivity (Wildman–Crippen MR) is 61.0 cm³/mol. The number of nitrogens with zero attached hydrogens (tertiary/aromatic N) is 1. The number of carbonyl (C=O) groups is 1. The van der Waals surface area contributed by atoms with Crippen molar-refractivity contribution in [2.24, 2.45) is 0 Å². The number of hydrogen-bond acceptors (Lipinski definition) is 4. The fourth-order valence-electron chi connectivity index (χ4n) is 1.85. The Morgan fingerprint density at radius 2 is 1.88 bits per heavy atom. The van der Waals surface area contributed by atoms with Gasteiger partial charge in [0.1, 0.15) is 4.90 Å². The van der Waals surface area contributed by atoms with Gasteiger partial charge in [-0.25, -0.2) is 12.7 Å². The average Bonchev–Trinajstić information content (AvgIpc) is 2.48. The molecule has 1 aromatic rings. The number of rotatable bonds is 2. The Hall–Kier alpha value is -1.40. The molecule has 0 spiro atoms. The van der Waals surface area contributed by atoms with Crippen LogP contribution in [-0.4, -0.2) is 35.9 Å². The number of aliphatic hydroxyl groups excluding tert-OH is 1. The van der Waals surface area contributed by atoms with Crippen molar-refractivity contribution in [2.45, 2.75) is 24.3 Å². The molecule has 5 nitrogen and oxygen atoms in total. The molecular weight excluding hydrogens is 242 g/mol. The fraction of sp³-hybridized carbons (Fsp3) is 0.364. The minimum absolute atomic E-state index is 0.00604. The maximum absolute atomic E-state index is 12.2. The van der Waals surface area contributed by atoms with Crippen molar-refractivity contribution in [3.63, 3.8) is 0 Å². The van der Waals surface area contributed by atoms with E-state index in [-0.39, 0.29) is 10.5 Å². The van der Waals surface area contributed by atoms with Gasteiger partial charge in [0.25, 0.3) is 15.9 Å². The molecule has 1 N–H and O–H groups in total. The standard InChI is InChI=1S/C11H13NO4S/c1-11(2,7-13)12-10(14)8-5-3-4-6-9(8)17(12,15)16/h3-6,13H,7H2,1-2H3. The van der Waals surface area contributed by atoms with Gasteiger partial charge in [-0.3, -0.25) is 4.79 Å². The van der Waals surface area contributed by atoms with Crippen molar-refractivity contribution in [2.75, 3.05) is 6.61 Å². The van der Waals surface area contributed by atoms with E-state index < -0.39 is 28.1 Å². The van der Waals surface area contributed by atoms with E-state index in [4.69, 9.17) is 0 Å². The Labute approximate surface area is 99.7 Å². The number of aliphatic hydroxyl groups is 1. The van der Waals surface area contributed by atoms with Crippen LogP contribution < -0.4 is 0 Å². The molecule has 0 radical (unpaired) electrons. The van der Waals surface area contributed by atoms with Crippen LogP contribution in [0.1, 0.15) is 24.2 Å². The van der Waals surface area contributed by atoms with Crippen LogP contribution in [-0.2, 0) is 10.0 Å². The van der Waals surface area contributed by atoms with Gasteiger partial charge in [-0.05, 0) is 26.0 Å². The first kappa shape index (κ1) is 12.1. The molecule has 1 aliphatic heterocycles. The van der Waals surface area contributed by atoms with Crippen LogP contribution in [0.2, 0.25) is 0 Å². The van der Waals surface area contributed by atoms with Crippen molar-refractivity contribution in [3.05, 3.63) is 29.8 Å². The second-order valence-electron chi connectivity index (χ2n) is 4.54. The number of sulfonamides is 1. The summed E-state index contributed by atoms with van der Waals surface area (Å²) < 4.78 is 25.1. The van der Waals surface area contributed by atoms with Crippen molar-refractivity contribution < 1.29 is 18.3 Å². The first-order valence-corrected chi connectivity index (χ1v) is 6.56. The van der Waals surface area contributed by atoms with Crippen molar-refractivity contribution >= 4 is 15.9 Å². The van der Waals surface area contributed by atoms with E-state index in [0.717, 1.165) is 4.31 Å². The van der Waals surface area contributed by atoms with Crippen LogP contribution in [0.4, 0.5) is 0 Å². The van der Waals surface area contributed by atoms with E-state index in [1.54, 1.807) is 12.1 Å². The Morgan fingerprint density at radius 1 is 1.29 bits per heavy atom. The van der Waals surface area contributed by atoms with Crippen molar-refractivity contribution in [1.82, 2.24) is 4.31 Å². The third kappa shape index (κ3) is 1.56. The van der Waals surface area contributed by atoms with Gasteiger partial charge < -0.3 is 5.11 Å². The molecule has 2 rings (SSSR count). The van der Waals surface area contributed by atoms with E-state index in [9.17, 15) is 18.3 Å². The molecule has 1 aromatic carbocycles. The summed E-state index contributed by atoms with van der Waals surface area (Å²) in [5, 5.41) is 9.23. The molecule has 0 atom stereocenters.